The molecule has 2 aromatic rings. The Labute approximate surface area is 86.3 Å². The molecule has 76 valence electrons. The molecule has 0 aliphatic rings. The largest absolute Gasteiger partial charge is 0.439 e. The predicted octanol–water partition coefficient (Wildman–Crippen LogP) is 2.60. The molecule has 1 heterocycles. The van der Waals surface area contributed by atoms with Gasteiger partial charge in [0.05, 0.1) is 0 Å². The lowest BCUT2D eigenvalue weighted by molar-refractivity contribution is 0.462. The van der Waals surface area contributed by atoms with Crippen molar-refractivity contribution in [3.63, 3.8) is 0 Å². The number of ether oxygens (including phenoxy) is 1. The van der Waals surface area contributed by atoms with E-state index >= 15 is 0 Å². The molecule has 0 saturated heterocycles. The van der Waals surface area contributed by atoms with E-state index in [0.29, 0.717) is 17.4 Å². The van der Waals surface area contributed by atoms with E-state index in [2.05, 4.69) is 4.98 Å². The van der Waals surface area contributed by atoms with Crippen LogP contribution in [0.4, 0.5) is 10.2 Å². The van der Waals surface area contributed by atoms with Crippen LogP contribution >= 0.6 is 0 Å². The number of nitrogens with two attached hydrogens (primary N) is 1. The monoisotopic (exact) mass is 204 g/mol. The van der Waals surface area contributed by atoms with E-state index in [0.717, 1.165) is 0 Å². The highest BCUT2D eigenvalue weighted by Crippen LogP contribution is 2.19. The molecule has 0 aliphatic carbocycles. The van der Waals surface area contributed by atoms with Gasteiger partial charge in [0.15, 0.2) is 0 Å². The van der Waals surface area contributed by atoms with Crippen LogP contribution in [0.1, 0.15) is 0 Å². The fourth-order valence-corrected chi connectivity index (χ4v) is 1.11. The second-order valence-electron chi connectivity index (χ2n) is 2.96. The normalized spacial score (nSPS) is 9.93. The first-order valence-corrected chi connectivity index (χ1v) is 4.40. The molecule has 0 aliphatic heterocycles. The van der Waals surface area contributed by atoms with Crippen molar-refractivity contribution < 1.29 is 9.13 Å². The summed E-state index contributed by atoms with van der Waals surface area (Å²) in [5, 5.41) is 0. The van der Waals surface area contributed by atoms with Crippen LogP contribution in [0.3, 0.4) is 0 Å². The van der Waals surface area contributed by atoms with Crippen LogP contribution in [0.25, 0.3) is 0 Å². The Balaban J connectivity index is 2.18. The summed E-state index contributed by atoms with van der Waals surface area (Å²) in [6, 6.07) is 10.8. The highest BCUT2D eigenvalue weighted by atomic mass is 19.1. The smallest absolute Gasteiger partial charge is 0.221 e. The molecular formula is C11H9FN2O. The Morgan fingerprint density at radius 2 is 1.80 bits per heavy atom. The number of halogens is 1. The predicted molar refractivity (Wildman–Crippen MR) is 55.1 cm³/mol. The lowest BCUT2D eigenvalue weighted by Gasteiger charge is -2.04. The minimum absolute atomic E-state index is 0.303. The molecule has 1 aromatic carbocycles. The number of aromatic nitrogens is 1. The molecule has 0 atom stereocenters. The molecular weight excluding hydrogens is 195 g/mol. The van der Waals surface area contributed by atoms with Crippen LogP contribution in [0.5, 0.6) is 11.6 Å². The van der Waals surface area contributed by atoms with Crippen molar-refractivity contribution in [3.05, 3.63) is 48.3 Å². The number of rotatable bonds is 2. The molecule has 0 bridgehead atoms. The molecule has 0 radical (unpaired) electrons. The van der Waals surface area contributed by atoms with Gasteiger partial charge in [0.2, 0.25) is 5.88 Å². The number of anilines is 1. The van der Waals surface area contributed by atoms with Crippen molar-refractivity contribution in [2.45, 2.75) is 0 Å². The molecule has 1 aromatic heterocycles. The van der Waals surface area contributed by atoms with Gasteiger partial charge in [-0.3, -0.25) is 0 Å². The molecule has 0 spiro atoms. The molecule has 0 amide bonds. The van der Waals surface area contributed by atoms with E-state index in [4.69, 9.17) is 10.5 Å². The van der Waals surface area contributed by atoms with E-state index in [1.807, 2.05) is 0 Å². The van der Waals surface area contributed by atoms with Gasteiger partial charge >= 0.3 is 0 Å². The Bertz CT molecular complexity index is 456. The van der Waals surface area contributed by atoms with E-state index in [1.165, 1.54) is 24.3 Å². The maximum absolute atomic E-state index is 12.6. The van der Waals surface area contributed by atoms with E-state index < -0.39 is 0 Å². The van der Waals surface area contributed by atoms with Crippen molar-refractivity contribution in [1.82, 2.24) is 4.98 Å². The first-order valence-electron chi connectivity index (χ1n) is 4.40. The Hall–Kier alpha value is -2.10. The summed E-state index contributed by atoms with van der Waals surface area (Å²) in [5.74, 6) is 0.994. The van der Waals surface area contributed by atoms with Gasteiger partial charge < -0.3 is 10.5 Å². The summed E-state index contributed by atoms with van der Waals surface area (Å²) in [5.41, 5.74) is 5.49. The van der Waals surface area contributed by atoms with Crippen molar-refractivity contribution in [2.24, 2.45) is 0 Å². The molecule has 0 fully saturated rings. The third-order valence-electron chi connectivity index (χ3n) is 1.78. The fraction of sp³-hybridized carbons (Fsp3) is 0. The maximum atomic E-state index is 12.6. The molecule has 3 nitrogen and oxygen atoms in total. The summed E-state index contributed by atoms with van der Waals surface area (Å²) >= 11 is 0. The van der Waals surface area contributed by atoms with Gasteiger partial charge in [0.25, 0.3) is 0 Å². The Kier molecular flexibility index (Phi) is 2.49. The third kappa shape index (κ3) is 2.43. The second-order valence-corrected chi connectivity index (χ2v) is 2.96. The van der Waals surface area contributed by atoms with Gasteiger partial charge in [-0.1, -0.05) is 6.07 Å². The van der Waals surface area contributed by atoms with Gasteiger partial charge in [-0.2, -0.15) is 4.98 Å². The number of benzene rings is 1. The Morgan fingerprint density at radius 1 is 1.07 bits per heavy atom. The van der Waals surface area contributed by atoms with Gasteiger partial charge in [0.1, 0.15) is 17.4 Å². The molecule has 2 N–H and O–H groups in total. The molecule has 15 heavy (non-hydrogen) atoms. The van der Waals surface area contributed by atoms with Gasteiger partial charge in [-0.15, -0.1) is 0 Å². The topological polar surface area (TPSA) is 48.1 Å². The fourth-order valence-electron chi connectivity index (χ4n) is 1.11. The quantitative estimate of drug-likeness (QED) is 0.817. The number of hydrogen-bond acceptors (Lipinski definition) is 3. The first-order chi connectivity index (χ1) is 7.24. The highest BCUT2D eigenvalue weighted by molar-refractivity contribution is 5.34. The van der Waals surface area contributed by atoms with Crippen molar-refractivity contribution >= 4 is 5.82 Å². The van der Waals surface area contributed by atoms with Crippen molar-refractivity contribution in [3.8, 4) is 11.6 Å². The van der Waals surface area contributed by atoms with Crippen LogP contribution in [-0.2, 0) is 0 Å². The summed E-state index contributed by atoms with van der Waals surface area (Å²) < 4.78 is 18.0. The average Bonchev–Trinajstić information content (AvgIpc) is 2.22. The van der Waals surface area contributed by atoms with Gasteiger partial charge in [-0.05, 0) is 30.3 Å². The number of nitrogens with zero attached hydrogens (tertiary/aromatic N) is 1. The van der Waals surface area contributed by atoms with E-state index in [-0.39, 0.29) is 5.82 Å². The molecule has 2 rings (SSSR count). The average molecular weight is 204 g/mol. The standard InChI is InChI=1S/C11H9FN2O/c12-8-4-6-9(7-5-8)15-11-3-1-2-10(13)14-11/h1-7H,(H2,13,14). The minimum atomic E-state index is -0.303. The second kappa shape index (κ2) is 3.96. The third-order valence-corrected chi connectivity index (χ3v) is 1.78. The molecule has 4 heteroatoms. The SMILES string of the molecule is Nc1cccc(Oc2ccc(F)cc2)n1. The molecule has 0 saturated carbocycles. The first kappa shape index (κ1) is 9.45. The zero-order chi connectivity index (χ0) is 10.7. The van der Waals surface area contributed by atoms with Gasteiger partial charge in [-0.25, -0.2) is 4.39 Å². The highest BCUT2D eigenvalue weighted by Gasteiger charge is 1.98. The van der Waals surface area contributed by atoms with E-state index in [1.54, 1.807) is 18.2 Å². The number of pyridine rings is 1. The van der Waals surface area contributed by atoms with E-state index in [9.17, 15) is 4.39 Å². The zero-order valence-electron chi connectivity index (χ0n) is 7.85. The summed E-state index contributed by atoms with van der Waals surface area (Å²) in [6.07, 6.45) is 0. The maximum Gasteiger partial charge on any atom is 0.221 e. The van der Waals surface area contributed by atoms with Gasteiger partial charge in [0, 0.05) is 6.07 Å². The lowest BCUT2D eigenvalue weighted by Crippen LogP contribution is -1.92. The minimum Gasteiger partial charge on any atom is -0.439 e. The number of hydrogen-bond donors (Lipinski definition) is 1. The van der Waals surface area contributed by atoms with Crippen LogP contribution in [-0.4, -0.2) is 4.98 Å². The van der Waals surface area contributed by atoms with Crippen molar-refractivity contribution in [1.29, 1.82) is 0 Å². The van der Waals surface area contributed by atoms with Crippen LogP contribution in [0.2, 0.25) is 0 Å². The summed E-state index contributed by atoms with van der Waals surface area (Å²) in [4.78, 5) is 3.95. The summed E-state index contributed by atoms with van der Waals surface area (Å²) in [6.45, 7) is 0. The van der Waals surface area contributed by atoms with Crippen LogP contribution in [0.15, 0.2) is 42.5 Å². The van der Waals surface area contributed by atoms with Crippen LogP contribution < -0.4 is 10.5 Å². The van der Waals surface area contributed by atoms with Crippen molar-refractivity contribution in [2.75, 3.05) is 5.73 Å². The van der Waals surface area contributed by atoms with Crippen LogP contribution in [0, 0.1) is 5.82 Å². The summed E-state index contributed by atoms with van der Waals surface area (Å²) in [7, 11) is 0. The zero-order valence-corrected chi connectivity index (χ0v) is 7.85. The molecule has 0 unspecified atom stereocenters. The lowest BCUT2D eigenvalue weighted by atomic mass is 10.3. The number of nitrogen functional groups attached to an aromatic ring is 1. The Morgan fingerprint density at radius 3 is 2.47 bits per heavy atom.